The Morgan fingerprint density at radius 2 is 1.93 bits per heavy atom. The monoisotopic (exact) mass is 392 g/mol. The van der Waals surface area contributed by atoms with Crippen molar-refractivity contribution < 1.29 is 23.1 Å². The number of nitrogens with one attached hydrogen (secondary N) is 1. The smallest absolute Gasteiger partial charge is 0.387 e. The van der Waals surface area contributed by atoms with Gasteiger partial charge in [-0.05, 0) is 24.3 Å². The van der Waals surface area contributed by atoms with Crippen molar-refractivity contribution in [3.8, 4) is 5.75 Å². The van der Waals surface area contributed by atoms with Crippen LogP contribution in [0.3, 0.4) is 0 Å². The lowest BCUT2D eigenvalue weighted by Crippen LogP contribution is -2.27. The Morgan fingerprint density at radius 1 is 1.22 bits per heavy atom. The molecule has 8 heteroatoms. The molecule has 1 N–H and O–H groups in total. The molecule has 5 nitrogen and oxygen atoms in total. The van der Waals surface area contributed by atoms with Gasteiger partial charge in [-0.25, -0.2) is 0 Å². The van der Waals surface area contributed by atoms with Gasteiger partial charge in [0.2, 0.25) is 5.91 Å². The number of nitrogens with zero attached hydrogens (tertiary/aromatic N) is 1. The minimum Gasteiger partial charge on any atom is -0.433 e. The molecule has 0 spiro atoms. The van der Waals surface area contributed by atoms with Gasteiger partial charge in [0, 0.05) is 35.5 Å². The number of benzene rings is 2. The van der Waals surface area contributed by atoms with Gasteiger partial charge in [-0.2, -0.15) is 8.78 Å². The Hall–Kier alpha value is -2.93. The van der Waals surface area contributed by atoms with Crippen LogP contribution >= 0.6 is 11.6 Å². The number of ether oxygens (including phenoxy) is 1. The highest BCUT2D eigenvalue weighted by molar-refractivity contribution is 6.32. The number of hydrogen-bond acceptors (Lipinski definition) is 3. The van der Waals surface area contributed by atoms with E-state index < -0.39 is 6.61 Å². The minimum absolute atomic E-state index is 0.0334. The van der Waals surface area contributed by atoms with Crippen LogP contribution in [0.15, 0.2) is 49.0 Å². The summed E-state index contributed by atoms with van der Waals surface area (Å²) < 4.78 is 28.7. The molecule has 1 aliphatic rings. The number of alkyl halides is 2. The highest BCUT2D eigenvalue weighted by Gasteiger charge is 2.30. The highest BCUT2D eigenvalue weighted by Crippen LogP contribution is 2.31. The average Bonchev–Trinajstić information content (AvgIpc) is 2.86. The van der Waals surface area contributed by atoms with Crippen LogP contribution in [0.5, 0.6) is 5.75 Å². The molecular weight excluding hydrogens is 378 g/mol. The Balaban J connectivity index is 1.59. The van der Waals surface area contributed by atoms with Crippen LogP contribution in [0.2, 0.25) is 5.02 Å². The average molecular weight is 393 g/mol. The summed E-state index contributed by atoms with van der Waals surface area (Å²) in [5.74, 6) is -0.730. The van der Waals surface area contributed by atoms with E-state index in [2.05, 4.69) is 16.6 Å². The maximum absolute atomic E-state index is 12.4. The molecule has 0 aromatic heterocycles. The third kappa shape index (κ3) is 4.09. The maximum atomic E-state index is 12.4. The van der Waals surface area contributed by atoms with Gasteiger partial charge in [-0.1, -0.05) is 36.4 Å². The topological polar surface area (TPSA) is 58.6 Å². The molecule has 0 bridgehead atoms. The molecular formula is C19H15ClF2N2O3. The van der Waals surface area contributed by atoms with Crippen LogP contribution in [0.4, 0.5) is 14.5 Å². The van der Waals surface area contributed by atoms with Gasteiger partial charge >= 0.3 is 6.61 Å². The number of rotatable bonds is 6. The molecule has 0 saturated carbocycles. The van der Waals surface area contributed by atoms with E-state index in [1.165, 1.54) is 23.1 Å². The Kier molecular flexibility index (Phi) is 5.41. The summed E-state index contributed by atoms with van der Waals surface area (Å²) in [7, 11) is 0. The summed E-state index contributed by atoms with van der Waals surface area (Å²) in [5.41, 5.74) is 2.20. The van der Waals surface area contributed by atoms with Crippen LogP contribution in [0.25, 0.3) is 5.70 Å². The lowest BCUT2D eigenvalue weighted by Gasteiger charge is -2.17. The molecule has 0 aliphatic carbocycles. The number of anilines is 1. The van der Waals surface area contributed by atoms with Crippen molar-refractivity contribution in [2.45, 2.75) is 13.0 Å². The van der Waals surface area contributed by atoms with Crippen molar-refractivity contribution in [2.75, 3.05) is 11.9 Å². The van der Waals surface area contributed by atoms with Crippen molar-refractivity contribution in [3.63, 3.8) is 0 Å². The molecule has 1 aliphatic heterocycles. The van der Waals surface area contributed by atoms with Gasteiger partial charge in [-0.3, -0.25) is 9.59 Å². The third-order valence-electron chi connectivity index (χ3n) is 4.03. The molecule has 0 unspecified atom stereocenters. The van der Waals surface area contributed by atoms with Crippen molar-refractivity contribution in [1.82, 2.24) is 4.90 Å². The molecule has 0 saturated heterocycles. The van der Waals surface area contributed by atoms with E-state index in [0.29, 0.717) is 16.9 Å². The van der Waals surface area contributed by atoms with Gasteiger partial charge < -0.3 is 15.0 Å². The fourth-order valence-corrected chi connectivity index (χ4v) is 3.00. The molecule has 2 aromatic rings. The predicted octanol–water partition coefficient (Wildman–Crippen LogP) is 4.40. The van der Waals surface area contributed by atoms with Crippen molar-refractivity contribution in [2.24, 2.45) is 0 Å². The third-order valence-corrected chi connectivity index (χ3v) is 4.33. The molecule has 1 heterocycles. The number of halogens is 3. The van der Waals surface area contributed by atoms with Gasteiger partial charge in [0.15, 0.2) is 0 Å². The summed E-state index contributed by atoms with van der Waals surface area (Å²) in [6, 6.07) is 11.1. The second-order valence-electron chi connectivity index (χ2n) is 5.77. The van der Waals surface area contributed by atoms with Crippen LogP contribution in [0, 0.1) is 0 Å². The maximum Gasteiger partial charge on any atom is 0.387 e. The highest BCUT2D eigenvalue weighted by atomic mass is 35.5. The second-order valence-corrected chi connectivity index (χ2v) is 6.18. The number of carbonyl (C=O) groups is 2. The molecule has 0 fully saturated rings. The first-order valence-electron chi connectivity index (χ1n) is 8.01. The minimum atomic E-state index is -2.99. The van der Waals surface area contributed by atoms with Gasteiger partial charge in [0.05, 0.1) is 5.02 Å². The van der Waals surface area contributed by atoms with Crippen LogP contribution in [-0.4, -0.2) is 29.9 Å². The summed E-state index contributed by atoms with van der Waals surface area (Å²) in [4.78, 5) is 26.0. The molecule has 27 heavy (non-hydrogen) atoms. The first-order chi connectivity index (χ1) is 12.9. The molecule has 0 radical (unpaired) electrons. The van der Waals surface area contributed by atoms with Gasteiger partial charge in [0.25, 0.3) is 5.91 Å². The Bertz CT molecular complexity index is 883. The SMILES string of the molecule is C=C1c2ccccc2C(=O)N1CCC(=O)Nc1ccc(OC(F)F)c(Cl)c1. The van der Waals surface area contributed by atoms with E-state index in [0.717, 1.165) is 5.56 Å². The normalized spacial score (nSPS) is 13.1. The fraction of sp³-hybridized carbons (Fsp3) is 0.158. The lowest BCUT2D eigenvalue weighted by atomic mass is 10.1. The largest absolute Gasteiger partial charge is 0.433 e. The van der Waals surface area contributed by atoms with E-state index in [1.807, 2.05) is 6.07 Å². The van der Waals surface area contributed by atoms with Gasteiger partial charge in [0.1, 0.15) is 5.75 Å². The van der Waals surface area contributed by atoms with E-state index in [-0.39, 0.29) is 35.6 Å². The zero-order valence-electron chi connectivity index (χ0n) is 14.0. The summed E-state index contributed by atoms with van der Waals surface area (Å²) in [6.07, 6.45) is 0.0334. The van der Waals surface area contributed by atoms with Crippen LogP contribution < -0.4 is 10.1 Å². The second kappa shape index (κ2) is 7.75. The quantitative estimate of drug-likeness (QED) is 0.792. The molecule has 3 rings (SSSR count). The summed E-state index contributed by atoms with van der Waals surface area (Å²) >= 11 is 5.85. The molecule has 0 atom stereocenters. The Labute approximate surface area is 159 Å². The van der Waals surface area contributed by atoms with E-state index >= 15 is 0 Å². The number of amides is 2. The number of fused-ring (bicyclic) bond motifs is 1. The van der Waals surface area contributed by atoms with E-state index in [1.54, 1.807) is 18.2 Å². The Morgan fingerprint density at radius 3 is 2.56 bits per heavy atom. The van der Waals surface area contributed by atoms with Gasteiger partial charge in [-0.15, -0.1) is 0 Å². The zero-order valence-corrected chi connectivity index (χ0v) is 14.8. The van der Waals surface area contributed by atoms with Crippen molar-refractivity contribution >= 4 is 34.8 Å². The van der Waals surface area contributed by atoms with E-state index in [4.69, 9.17) is 11.6 Å². The molecule has 2 aromatic carbocycles. The number of carbonyl (C=O) groups excluding carboxylic acids is 2. The van der Waals surface area contributed by atoms with E-state index in [9.17, 15) is 18.4 Å². The lowest BCUT2D eigenvalue weighted by molar-refractivity contribution is -0.116. The van der Waals surface area contributed by atoms with Crippen LogP contribution in [0.1, 0.15) is 22.3 Å². The van der Waals surface area contributed by atoms with Crippen LogP contribution in [-0.2, 0) is 4.79 Å². The first-order valence-corrected chi connectivity index (χ1v) is 8.39. The summed E-state index contributed by atoms with van der Waals surface area (Å²) in [5, 5.41) is 2.55. The molecule has 140 valence electrons. The first kappa shape index (κ1) is 18.8. The number of hydrogen-bond donors (Lipinski definition) is 1. The zero-order chi connectivity index (χ0) is 19.6. The summed E-state index contributed by atoms with van der Waals surface area (Å²) in [6.45, 7) is 1.09. The standard InChI is InChI=1S/C19H15ClF2N2O3/c1-11-13-4-2-3-5-14(13)18(26)24(11)9-8-17(25)23-12-6-7-16(15(20)10-12)27-19(21)22/h2-7,10,19H,1,8-9H2,(H,23,25). The fourth-order valence-electron chi connectivity index (χ4n) is 2.78. The van der Waals surface area contributed by atoms with Crippen molar-refractivity contribution in [3.05, 3.63) is 65.2 Å². The van der Waals surface area contributed by atoms with Crippen molar-refractivity contribution in [1.29, 1.82) is 0 Å². The molecule has 2 amide bonds. The predicted molar refractivity (Wildman–Crippen MR) is 97.8 cm³/mol.